The molecule has 1 amide bonds. The van der Waals surface area contributed by atoms with Crippen LogP contribution in [0.2, 0.25) is 0 Å². The minimum absolute atomic E-state index is 0.0426. The zero-order valence-corrected chi connectivity index (χ0v) is 12.5. The minimum atomic E-state index is -0.428. The smallest absolute Gasteiger partial charge is 0.272 e. The van der Waals surface area contributed by atoms with Crippen LogP contribution < -0.4 is 10.6 Å². The fraction of sp³-hybridized carbons (Fsp3) is 0.286. The lowest BCUT2D eigenvalue weighted by atomic mass is 10.2. The van der Waals surface area contributed by atoms with Crippen LogP contribution in [0.1, 0.15) is 5.56 Å². The fourth-order valence-electron chi connectivity index (χ4n) is 2.02. The molecule has 122 valence electrons. The molecule has 2 rings (SSSR count). The number of aromatic nitrogens is 2. The Labute approximate surface area is 132 Å². The Morgan fingerprint density at radius 3 is 2.87 bits per heavy atom. The second-order valence-electron chi connectivity index (χ2n) is 4.88. The van der Waals surface area contributed by atoms with Crippen LogP contribution in [0.15, 0.2) is 30.6 Å². The number of aliphatic hydroxyl groups is 1. The molecule has 9 nitrogen and oxygen atoms in total. The van der Waals surface area contributed by atoms with Crippen LogP contribution in [-0.4, -0.2) is 38.9 Å². The number of hydrogen-bond donors (Lipinski definition) is 3. The van der Waals surface area contributed by atoms with Gasteiger partial charge in [0.2, 0.25) is 5.91 Å². The van der Waals surface area contributed by atoms with E-state index in [1.54, 1.807) is 31.5 Å². The van der Waals surface area contributed by atoms with Gasteiger partial charge in [-0.3, -0.25) is 19.6 Å². The third-order valence-corrected chi connectivity index (χ3v) is 3.05. The molecule has 2 aromatic rings. The van der Waals surface area contributed by atoms with Gasteiger partial charge in [0.1, 0.15) is 6.54 Å². The molecular weight excluding hydrogens is 302 g/mol. The first-order valence-electron chi connectivity index (χ1n) is 6.91. The number of nitrogens with one attached hydrogen (secondary N) is 2. The van der Waals surface area contributed by atoms with E-state index in [0.717, 1.165) is 0 Å². The summed E-state index contributed by atoms with van der Waals surface area (Å²) < 4.78 is 1.45. The second-order valence-corrected chi connectivity index (χ2v) is 4.88. The number of rotatable bonds is 7. The van der Waals surface area contributed by atoms with Crippen molar-refractivity contribution >= 4 is 23.0 Å². The normalized spacial score (nSPS) is 10.3. The average Bonchev–Trinajstić information content (AvgIpc) is 2.91. The third kappa shape index (κ3) is 4.51. The molecule has 0 spiro atoms. The molecule has 3 N–H and O–H groups in total. The van der Waals surface area contributed by atoms with Gasteiger partial charge in [-0.2, -0.15) is 5.10 Å². The first-order chi connectivity index (χ1) is 11.0. The summed E-state index contributed by atoms with van der Waals surface area (Å²) in [6.45, 7) is 1.80. The lowest BCUT2D eigenvalue weighted by Gasteiger charge is -2.05. The quantitative estimate of drug-likeness (QED) is 0.516. The molecule has 0 saturated heterocycles. The van der Waals surface area contributed by atoms with Crippen LogP contribution in [0.3, 0.4) is 0 Å². The highest BCUT2D eigenvalue weighted by atomic mass is 16.6. The fourth-order valence-corrected chi connectivity index (χ4v) is 2.02. The molecule has 9 heteroatoms. The molecule has 1 aromatic carbocycles. The Bertz CT molecular complexity index is 713. The number of nitrogens with zero attached hydrogens (tertiary/aromatic N) is 3. The number of anilines is 2. The van der Waals surface area contributed by atoms with Gasteiger partial charge in [0.05, 0.1) is 23.4 Å². The highest BCUT2D eigenvalue weighted by Gasteiger charge is 2.10. The van der Waals surface area contributed by atoms with Crippen LogP contribution in [0, 0.1) is 17.0 Å². The second kappa shape index (κ2) is 7.36. The van der Waals surface area contributed by atoms with E-state index in [9.17, 15) is 14.9 Å². The van der Waals surface area contributed by atoms with Crippen molar-refractivity contribution in [1.82, 2.24) is 15.1 Å². The zero-order chi connectivity index (χ0) is 16.8. The van der Waals surface area contributed by atoms with Crippen LogP contribution in [-0.2, 0) is 11.3 Å². The van der Waals surface area contributed by atoms with Crippen LogP contribution in [0.25, 0.3) is 0 Å². The van der Waals surface area contributed by atoms with Gasteiger partial charge in [-0.05, 0) is 19.1 Å². The Morgan fingerprint density at radius 2 is 2.22 bits per heavy atom. The number of hydrogen-bond acceptors (Lipinski definition) is 6. The summed E-state index contributed by atoms with van der Waals surface area (Å²) in [7, 11) is 0. The van der Waals surface area contributed by atoms with Gasteiger partial charge in [-0.15, -0.1) is 0 Å². The van der Waals surface area contributed by atoms with Gasteiger partial charge < -0.3 is 15.7 Å². The number of carbonyl (C=O) groups is 1. The van der Waals surface area contributed by atoms with Gasteiger partial charge in [0.15, 0.2) is 0 Å². The summed E-state index contributed by atoms with van der Waals surface area (Å²) >= 11 is 0. The predicted octanol–water partition coefficient (Wildman–Crippen LogP) is 0.952. The maximum atomic E-state index is 11.5. The molecule has 0 radical (unpaired) electrons. The summed E-state index contributed by atoms with van der Waals surface area (Å²) in [5.41, 5.74) is 1.97. The van der Waals surface area contributed by atoms with Crippen molar-refractivity contribution in [1.29, 1.82) is 0 Å². The van der Waals surface area contributed by atoms with Crippen molar-refractivity contribution in [2.24, 2.45) is 0 Å². The topological polar surface area (TPSA) is 122 Å². The van der Waals surface area contributed by atoms with E-state index in [2.05, 4.69) is 15.7 Å². The van der Waals surface area contributed by atoms with Crippen molar-refractivity contribution in [3.05, 3.63) is 46.3 Å². The molecule has 0 saturated carbocycles. The standard InChI is InChI=1S/C14H17N5O4/c1-10-6-11(2-3-13(10)19(22)23)17-12-7-16-18(8-12)9-14(21)15-4-5-20/h2-3,6-8,17,20H,4-5,9H2,1H3,(H,15,21). The SMILES string of the molecule is Cc1cc(Nc2cnn(CC(=O)NCCO)c2)ccc1[N+](=O)[O-]. The lowest BCUT2D eigenvalue weighted by molar-refractivity contribution is -0.385. The molecule has 0 fully saturated rings. The number of amides is 1. The molecular formula is C14H17N5O4. The van der Waals surface area contributed by atoms with Crippen molar-refractivity contribution < 1.29 is 14.8 Å². The Kier molecular flexibility index (Phi) is 5.26. The highest BCUT2D eigenvalue weighted by Crippen LogP contribution is 2.23. The molecule has 0 aliphatic heterocycles. The molecule has 23 heavy (non-hydrogen) atoms. The number of nitro groups is 1. The third-order valence-electron chi connectivity index (χ3n) is 3.05. The monoisotopic (exact) mass is 319 g/mol. The summed E-state index contributed by atoms with van der Waals surface area (Å²) in [6, 6.07) is 4.71. The van der Waals surface area contributed by atoms with E-state index in [4.69, 9.17) is 5.11 Å². The molecule has 0 aliphatic carbocycles. The van der Waals surface area contributed by atoms with Gasteiger partial charge in [0, 0.05) is 30.1 Å². The van der Waals surface area contributed by atoms with Gasteiger partial charge in [-0.1, -0.05) is 0 Å². The summed E-state index contributed by atoms with van der Waals surface area (Å²) in [5.74, 6) is -0.250. The molecule has 0 aliphatic rings. The van der Waals surface area contributed by atoms with E-state index in [0.29, 0.717) is 16.9 Å². The number of carbonyl (C=O) groups excluding carboxylic acids is 1. The predicted molar refractivity (Wildman–Crippen MR) is 83.4 cm³/mol. The van der Waals surface area contributed by atoms with E-state index in [1.807, 2.05) is 0 Å². The Hall–Kier alpha value is -2.94. The molecule has 1 aromatic heterocycles. The zero-order valence-electron chi connectivity index (χ0n) is 12.5. The van der Waals surface area contributed by atoms with Crippen molar-refractivity contribution in [2.45, 2.75) is 13.5 Å². The summed E-state index contributed by atoms with van der Waals surface area (Å²) in [6.07, 6.45) is 3.20. The molecule has 1 heterocycles. The summed E-state index contributed by atoms with van der Waals surface area (Å²) in [4.78, 5) is 21.9. The maximum Gasteiger partial charge on any atom is 0.272 e. The maximum absolute atomic E-state index is 11.5. The Morgan fingerprint density at radius 1 is 1.43 bits per heavy atom. The van der Waals surface area contributed by atoms with Gasteiger partial charge in [-0.25, -0.2) is 0 Å². The van der Waals surface area contributed by atoms with E-state index in [1.165, 1.54) is 10.7 Å². The van der Waals surface area contributed by atoms with Gasteiger partial charge >= 0.3 is 0 Å². The molecule has 0 bridgehead atoms. The number of aryl methyl sites for hydroxylation is 1. The van der Waals surface area contributed by atoms with Crippen LogP contribution >= 0.6 is 0 Å². The molecule has 0 unspecified atom stereocenters. The first-order valence-corrected chi connectivity index (χ1v) is 6.91. The Balaban J connectivity index is 2.00. The highest BCUT2D eigenvalue weighted by molar-refractivity contribution is 5.75. The first kappa shape index (κ1) is 16.4. The molecule has 0 atom stereocenters. The number of benzene rings is 1. The van der Waals surface area contributed by atoms with E-state index < -0.39 is 4.92 Å². The lowest BCUT2D eigenvalue weighted by Crippen LogP contribution is -2.30. The minimum Gasteiger partial charge on any atom is -0.395 e. The van der Waals surface area contributed by atoms with Crippen molar-refractivity contribution in [3.8, 4) is 0 Å². The number of aliphatic hydroxyl groups excluding tert-OH is 1. The summed E-state index contributed by atoms with van der Waals surface area (Å²) in [5, 5.41) is 29.1. The van der Waals surface area contributed by atoms with E-state index in [-0.39, 0.29) is 31.3 Å². The van der Waals surface area contributed by atoms with Crippen LogP contribution in [0.4, 0.5) is 17.1 Å². The van der Waals surface area contributed by atoms with Crippen molar-refractivity contribution in [2.75, 3.05) is 18.5 Å². The van der Waals surface area contributed by atoms with E-state index >= 15 is 0 Å². The van der Waals surface area contributed by atoms with Crippen molar-refractivity contribution in [3.63, 3.8) is 0 Å². The average molecular weight is 319 g/mol. The number of nitro benzene ring substituents is 1. The van der Waals surface area contributed by atoms with Crippen LogP contribution in [0.5, 0.6) is 0 Å². The van der Waals surface area contributed by atoms with Gasteiger partial charge in [0.25, 0.3) is 5.69 Å². The largest absolute Gasteiger partial charge is 0.395 e.